The van der Waals surface area contributed by atoms with E-state index in [0.717, 1.165) is 5.56 Å². The molecule has 1 rings (SSSR count). The van der Waals surface area contributed by atoms with Crippen molar-refractivity contribution in [1.29, 1.82) is 0 Å². The fourth-order valence-electron chi connectivity index (χ4n) is 1.42. The highest BCUT2D eigenvalue weighted by Crippen LogP contribution is 2.10. The quantitative estimate of drug-likeness (QED) is 0.806. The van der Waals surface area contributed by atoms with E-state index in [1.54, 1.807) is 6.92 Å². The summed E-state index contributed by atoms with van der Waals surface area (Å²) in [4.78, 5) is 11.5. The number of carbonyl (C=O) groups is 1. The molecular formula is C13H19NO2. The minimum absolute atomic E-state index is 0.0517. The summed E-state index contributed by atoms with van der Waals surface area (Å²) < 4.78 is 0. The first-order valence-electron chi connectivity index (χ1n) is 5.50. The maximum atomic E-state index is 11.5. The Hall–Kier alpha value is -1.35. The molecule has 3 nitrogen and oxygen atoms in total. The number of hydrogen-bond acceptors (Lipinski definition) is 2. The van der Waals surface area contributed by atoms with E-state index in [0.29, 0.717) is 13.0 Å². The van der Waals surface area contributed by atoms with Gasteiger partial charge in [-0.15, -0.1) is 0 Å². The van der Waals surface area contributed by atoms with Gasteiger partial charge in [0.1, 0.15) is 0 Å². The zero-order valence-corrected chi connectivity index (χ0v) is 10.1. The number of aliphatic hydroxyl groups is 1. The van der Waals surface area contributed by atoms with Crippen LogP contribution in [-0.2, 0) is 11.2 Å². The molecule has 1 atom stereocenters. The molecule has 0 radical (unpaired) electrons. The highest BCUT2D eigenvalue weighted by molar-refractivity contribution is 5.78. The van der Waals surface area contributed by atoms with Gasteiger partial charge >= 0.3 is 0 Å². The van der Waals surface area contributed by atoms with E-state index >= 15 is 0 Å². The smallest absolute Gasteiger partial charge is 0.224 e. The molecule has 0 saturated heterocycles. The van der Waals surface area contributed by atoms with Crippen molar-refractivity contribution in [3.05, 3.63) is 34.9 Å². The number of benzene rings is 1. The van der Waals surface area contributed by atoms with Gasteiger partial charge in [-0.25, -0.2) is 0 Å². The average Bonchev–Trinajstić information content (AvgIpc) is 2.21. The van der Waals surface area contributed by atoms with Crippen LogP contribution in [0, 0.1) is 13.8 Å². The predicted molar refractivity (Wildman–Crippen MR) is 64.3 cm³/mol. The molecule has 88 valence electrons. The standard InChI is InChI=1S/C13H19NO2/c1-9-4-5-12(6-10(9)2)7-13(16)14-8-11(3)15/h4-6,11,15H,7-8H2,1-3H3,(H,14,16)/t11-/m1/s1. The average molecular weight is 221 g/mol. The Kier molecular flexibility index (Phi) is 4.50. The molecule has 0 heterocycles. The van der Waals surface area contributed by atoms with Gasteiger partial charge in [0.05, 0.1) is 12.5 Å². The Morgan fingerprint density at radius 1 is 1.38 bits per heavy atom. The fraction of sp³-hybridized carbons (Fsp3) is 0.462. The summed E-state index contributed by atoms with van der Waals surface area (Å²) in [7, 11) is 0. The van der Waals surface area contributed by atoms with Gasteiger partial charge < -0.3 is 10.4 Å². The Bertz CT molecular complexity index is 372. The maximum absolute atomic E-state index is 11.5. The van der Waals surface area contributed by atoms with Crippen molar-refractivity contribution in [3.8, 4) is 0 Å². The van der Waals surface area contributed by atoms with E-state index in [1.807, 2.05) is 32.0 Å². The van der Waals surface area contributed by atoms with Crippen LogP contribution in [0.3, 0.4) is 0 Å². The lowest BCUT2D eigenvalue weighted by Gasteiger charge is -2.08. The number of nitrogens with one attached hydrogen (secondary N) is 1. The van der Waals surface area contributed by atoms with Crippen LogP contribution in [-0.4, -0.2) is 23.7 Å². The molecule has 0 spiro atoms. The van der Waals surface area contributed by atoms with Crippen molar-refractivity contribution in [2.45, 2.75) is 33.3 Å². The third kappa shape index (κ3) is 4.03. The second-order valence-corrected chi connectivity index (χ2v) is 4.25. The van der Waals surface area contributed by atoms with Crippen LogP contribution in [0.25, 0.3) is 0 Å². The third-order valence-corrected chi connectivity index (χ3v) is 2.53. The van der Waals surface area contributed by atoms with Gasteiger partial charge in [0.2, 0.25) is 5.91 Å². The molecule has 0 aliphatic carbocycles. The summed E-state index contributed by atoms with van der Waals surface area (Å²) >= 11 is 0. The molecule has 0 aliphatic heterocycles. The SMILES string of the molecule is Cc1ccc(CC(=O)NC[C@@H](C)O)cc1C. The topological polar surface area (TPSA) is 49.3 Å². The Labute approximate surface area is 96.5 Å². The largest absolute Gasteiger partial charge is 0.392 e. The van der Waals surface area contributed by atoms with Crippen LogP contribution < -0.4 is 5.32 Å². The zero-order valence-electron chi connectivity index (χ0n) is 10.1. The van der Waals surface area contributed by atoms with Gasteiger partial charge in [0.15, 0.2) is 0 Å². The molecule has 0 bridgehead atoms. The van der Waals surface area contributed by atoms with Crippen LogP contribution in [0.15, 0.2) is 18.2 Å². The predicted octanol–water partition coefficient (Wildman–Crippen LogP) is 1.34. The normalized spacial score (nSPS) is 12.2. The molecule has 0 aromatic heterocycles. The second kappa shape index (κ2) is 5.66. The van der Waals surface area contributed by atoms with E-state index in [9.17, 15) is 4.79 Å². The van der Waals surface area contributed by atoms with Crippen molar-refractivity contribution in [2.75, 3.05) is 6.54 Å². The first-order valence-corrected chi connectivity index (χ1v) is 5.50. The first-order chi connectivity index (χ1) is 7.49. The van der Waals surface area contributed by atoms with Gasteiger partial charge in [0, 0.05) is 6.54 Å². The molecule has 0 saturated carbocycles. The maximum Gasteiger partial charge on any atom is 0.224 e. The second-order valence-electron chi connectivity index (χ2n) is 4.25. The van der Waals surface area contributed by atoms with Gasteiger partial charge in [-0.1, -0.05) is 18.2 Å². The minimum Gasteiger partial charge on any atom is -0.392 e. The van der Waals surface area contributed by atoms with Gasteiger partial charge in [0.25, 0.3) is 0 Å². The molecule has 0 fully saturated rings. The lowest BCUT2D eigenvalue weighted by atomic mass is 10.0. The first kappa shape index (κ1) is 12.7. The Balaban J connectivity index is 2.53. The summed E-state index contributed by atoms with van der Waals surface area (Å²) in [6.45, 7) is 6.04. The summed E-state index contributed by atoms with van der Waals surface area (Å²) in [5.74, 6) is -0.0517. The van der Waals surface area contributed by atoms with Crippen molar-refractivity contribution in [2.24, 2.45) is 0 Å². The van der Waals surface area contributed by atoms with Crippen molar-refractivity contribution >= 4 is 5.91 Å². The molecule has 0 aliphatic rings. The number of carbonyl (C=O) groups excluding carboxylic acids is 1. The zero-order chi connectivity index (χ0) is 12.1. The van der Waals surface area contributed by atoms with E-state index in [-0.39, 0.29) is 5.91 Å². The number of aliphatic hydroxyl groups excluding tert-OH is 1. The van der Waals surface area contributed by atoms with Gasteiger partial charge in [-0.05, 0) is 37.5 Å². The van der Waals surface area contributed by atoms with Gasteiger partial charge in [-0.2, -0.15) is 0 Å². The number of aryl methyl sites for hydroxylation is 2. The minimum atomic E-state index is -0.497. The van der Waals surface area contributed by atoms with E-state index in [1.165, 1.54) is 11.1 Å². The third-order valence-electron chi connectivity index (χ3n) is 2.53. The highest BCUT2D eigenvalue weighted by Gasteiger charge is 2.05. The Morgan fingerprint density at radius 3 is 2.62 bits per heavy atom. The fourth-order valence-corrected chi connectivity index (χ4v) is 1.42. The number of rotatable bonds is 4. The van der Waals surface area contributed by atoms with E-state index in [4.69, 9.17) is 5.11 Å². The summed E-state index contributed by atoms with van der Waals surface area (Å²) in [6.07, 6.45) is -0.128. The molecule has 1 amide bonds. The van der Waals surface area contributed by atoms with Crippen molar-refractivity contribution in [3.63, 3.8) is 0 Å². The van der Waals surface area contributed by atoms with Crippen LogP contribution in [0.5, 0.6) is 0 Å². The summed E-state index contributed by atoms with van der Waals surface area (Å²) in [6, 6.07) is 6.01. The number of amides is 1. The molecule has 0 unspecified atom stereocenters. The summed E-state index contributed by atoms with van der Waals surface area (Å²) in [5, 5.41) is 11.7. The lowest BCUT2D eigenvalue weighted by molar-refractivity contribution is -0.120. The molecular weight excluding hydrogens is 202 g/mol. The molecule has 1 aromatic carbocycles. The molecule has 1 aromatic rings. The van der Waals surface area contributed by atoms with E-state index in [2.05, 4.69) is 5.32 Å². The van der Waals surface area contributed by atoms with Gasteiger partial charge in [-0.3, -0.25) is 4.79 Å². The monoisotopic (exact) mass is 221 g/mol. The highest BCUT2D eigenvalue weighted by atomic mass is 16.3. The molecule has 2 N–H and O–H groups in total. The van der Waals surface area contributed by atoms with Crippen LogP contribution >= 0.6 is 0 Å². The summed E-state index contributed by atoms with van der Waals surface area (Å²) in [5.41, 5.74) is 3.43. The lowest BCUT2D eigenvalue weighted by Crippen LogP contribution is -2.31. The Morgan fingerprint density at radius 2 is 2.06 bits per heavy atom. The van der Waals surface area contributed by atoms with Crippen molar-refractivity contribution < 1.29 is 9.90 Å². The number of hydrogen-bond donors (Lipinski definition) is 2. The van der Waals surface area contributed by atoms with Crippen LogP contribution in [0.1, 0.15) is 23.6 Å². The molecule has 3 heteroatoms. The molecule has 16 heavy (non-hydrogen) atoms. The van der Waals surface area contributed by atoms with Crippen LogP contribution in [0.2, 0.25) is 0 Å². The van der Waals surface area contributed by atoms with Crippen LogP contribution in [0.4, 0.5) is 0 Å². The van der Waals surface area contributed by atoms with Crippen molar-refractivity contribution in [1.82, 2.24) is 5.32 Å². The van der Waals surface area contributed by atoms with E-state index < -0.39 is 6.10 Å².